The van der Waals surface area contributed by atoms with Crippen molar-refractivity contribution < 1.29 is 0 Å². The lowest BCUT2D eigenvalue weighted by atomic mass is 10.7. The SMILES string of the molecule is [S-]CCNCC[S-]. The molecule has 0 heterocycles. The minimum Gasteiger partial charge on any atom is -0.791 e. The maximum Gasteiger partial charge on any atom is -0.0269 e. The van der Waals surface area contributed by atoms with Crippen molar-refractivity contribution in [3.8, 4) is 0 Å². The van der Waals surface area contributed by atoms with Gasteiger partial charge in [0.05, 0.1) is 0 Å². The largest absolute Gasteiger partial charge is 0.791 e. The summed E-state index contributed by atoms with van der Waals surface area (Å²) >= 11 is 9.34. The highest BCUT2D eigenvalue weighted by atomic mass is 32.1. The van der Waals surface area contributed by atoms with Gasteiger partial charge in [-0.3, -0.25) is 0 Å². The summed E-state index contributed by atoms with van der Waals surface area (Å²) < 4.78 is 0. The van der Waals surface area contributed by atoms with Crippen molar-refractivity contribution in [2.45, 2.75) is 0 Å². The van der Waals surface area contributed by atoms with Crippen LogP contribution in [-0.4, -0.2) is 24.6 Å². The minimum absolute atomic E-state index is 0.787. The molecule has 0 aromatic carbocycles. The Kier molecular flexibility index (Phi) is 7.29. The van der Waals surface area contributed by atoms with E-state index in [0.29, 0.717) is 0 Å². The monoisotopic (exact) mass is 135 g/mol. The summed E-state index contributed by atoms with van der Waals surface area (Å²) in [5.74, 6) is 1.57. The third-order valence-electron chi connectivity index (χ3n) is 0.558. The fraction of sp³-hybridized carbons (Fsp3) is 1.00. The third kappa shape index (κ3) is 6.66. The van der Waals surface area contributed by atoms with Crippen LogP contribution in [0, 0.1) is 0 Å². The van der Waals surface area contributed by atoms with Crippen LogP contribution >= 0.6 is 0 Å². The number of rotatable bonds is 4. The summed E-state index contributed by atoms with van der Waals surface area (Å²) in [5, 5.41) is 3.08. The first-order valence-corrected chi connectivity index (χ1v) is 3.44. The van der Waals surface area contributed by atoms with Crippen molar-refractivity contribution in [1.29, 1.82) is 0 Å². The first kappa shape index (κ1) is 7.66. The lowest BCUT2D eigenvalue weighted by Gasteiger charge is -2.07. The Hall–Kier alpha value is 0.660. The van der Waals surface area contributed by atoms with Crippen molar-refractivity contribution in [2.24, 2.45) is 0 Å². The lowest BCUT2D eigenvalue weighted by Crippen LogP contribution is -2.20. The zero-order valence-electron chi connectivity index (χ0n) is 4.14. The van der Waals surface area contributed by atoms with Gasteiger partial charge in [0.15, 0.2) is 0 Å². The molecular formula is C4H9NS2-2. The average Bonchev–Trinajstić information content (AvgIpc) is 1.69. The van der Waals surface area contributed by atoms with Gasteiger partial charge in [-0.2, -0.15) is 11.5 Å². The smallest absolute Gasteiger partial charge is 0.0269 e. The van der Waals surface area contributed by atoms with Crippen LogP contribution in [0.3, 0.4) is 0 Å². The Morgan fingerprint density at radius 3 is 1.71 bits per heavy atom. The van der Waals surface area contributed by atoms with Crippen molar-refractivity contribution in [2.75, 3.05) is 24.6 Å². The zero-order valence-corrected chi connectivity index (χ0v) is 5.78. The van der Waals surface area contributed by atoms with Crippen LogP contribution in [0.2, 0.25) is 0 Å². The van der Waals surface area contributed by atoms with Crippen LogP contribution in [0.15, 0.2) is 0 Å². The second-order valence-corrected chi connectivity index (χ2v) is 1.97. The Morgan fingerprint density at radius 2 is 1.43 bits per heavy atom. The van der Waals surface area contributed by atoms with Gasteiger partial charge in [-0.05, 0) is 13.1 Å². The van der Waals surface area contributed by atoms with Crippen LogP contribution in [0.4, 0.5) is 0 Å². The highest BCUT2D eigenvalue weighted by molar-refractivity contribution is 7.58. The molecule has 1 N–H and O–H groups in total. The molecule has 3 heteroatoms. The normalized spacial score (nSPS) is 9.43. The predicted octanol–water partition coefficient (Wildman–Crippen LogP) is -0.330. The predicted molar refractivity (Wildman–Crippen MR) is 37.3 cm³/mol. The van der Waals surface area contributed by atoms with Crippen molar-refractivity contribution in [3.05, 3.63) is 0 Å². The maximum atomic E-state index is 4.67. The van der Waals surface area contributed by atoms with Gasteiger partial charge in [0.25, 0.3) is 0 Å². The Bertz CT molecular complexity index is 28.9. The van der Waals surface area contributed by atoms with E-state index in [4.69, 9.17) is 0 Å². The standard InChI is InChI=1S/C4H11NS2/c6-3-1-5-2-4-7/h5-7H,1-4H2/p-2. The van der Waals surface area contributed by atoms with Gasteiger partial charge in [0.1, 0.15) is 0 Å². The van der Waals surface area contributed by atoms with Crippen LogP contribution in [-0.2, 0) is 25.3 Å². The van der Waals surface area contributed by atoms with Gasteiger partial charge in [-0.25, -0.2) is 0 Å². The highest BCUT2D eigenvalue weighted by Gasteiger charge is 1.68. The molecule has 0 unspecified atom stereocenters. The molecule has 0 rings (SSSR count). The molecule has 0 fully saturated rings. The summed E-state index contributed by atoms with van der Waals surface area (Å²) in [7, 11) is 0. The molecule has 0 aromatic heterocycles. The summed E-state index contributed by atoms with van der Waals surface area (Å²) in [6, 6.07) is 0. The van der Waals surface area contributed by atoms with Gasteiger partial charge in [0.2, 0.25) is 0 Å². The number of hydrogen-bond acceptors (Lipinski definition) is 3. The highest BCUT2D eigenvalue weighted by Crippen LogP contribution is 1.57. The van der Waals surface area contributed by atoms with Gasteiger partial charge in [-0.15, -0.1) is 0 Å². The van der Waals surface area contributed by atoms with Crippen LogP contribution < -0.4 is 5.32 Å². The van der Waals surface area contributed by atoms with E-state index in [-0.39, 0.29) is 0 Å². The van der Waals surface area contributed by atoms with Gasteiger partial charge < -0.3 is 30.6 Å². The van der Waals surface area contributed by atoms with Crippen LogP contribution in [0.5, 0.6) is 0 Å². The average molecular weight is 135 g/mol. The lowest BCUT2D eigenvalue weighted by molar-refractivity contribution is 0.776. The maximum absolute atomic E-state index is 4.67. The molecule has 0 aromatic rings. The molecule has 0 aliphatic carbocycles. The molecule has 0 amide bonds. The van der Waals surface area contributed by atoms with E-state index < -0.39 is 0 Å². The zero-order chi connectivity index (χ0) is 5.54. The minimum atomic E-state index is 0.787. The van der Waals surface area contributed by atoms with Crippen molar-refractivity contribution in [3.63, 3.8) is 0 Å². The Balaban J connectivity index is 2.45. The van der Waals surface area contributed by atoms with Gasteiger partial charge in [0, 0.05) is 0 Å². The van der Waals surface area contributed by atoms with E-state index >= 15 is 0 Å². The Labute approximate surface area is 55.7 Å². The van der Waals surface area contributed by atoms with Crippen LogP contribution in [0.1, 0.15) is 0 Å². The molecule has 1 nitrogen and oxygen atoms in total. The number of nitrogens with one attached hydrogen (secondary N) is 1. The third-order valence-corrected chi connectivity index (χ3v) is 0.966. The fourth-order valence-corrected chi connectivity index (χ4v) is 0.558. The molecular weight excluding hydrogens is 126 g/mol. The van der Waals surface area contributed by atoms with E-state index in [1.807, 2.05) is 0 Å². The molecule has 0 atom stereocenters. The Morgan fingerprint density at radius 1 is 1.00 bits per heavy atom. The molecule has 0 aliphatic rings. The van der Waals surface area contributed by atoms with E-state index in [0.717, 1.165) is 24.6 Å². The molecule has 0 radical (unpaired) electrons. The second kappa shape index (κ2) is 6.66. The molecule has 0 saturated carbocycles. The summed E-state index contributed by atoms with van der Waals surface area (Å²) in [4.78, 5) is 0. The fourth-order valence-electron chi connectivity index (χ4n) is 0.269. The molecule has 7 heavy (non-hydrogen) atoms. The number of hydrogen-bond donors (Lipinski definition) is 1. The molecule has 0 spiro atoms. The van der Waals surface area contributed by atoms with Crippen molar-refractivity contribution in [1.82, 2.24) is 5.32 Å². The van der Waals surface area contributed by atoms with Crippen molar-refractivity contribution >= 4 is 25.3 Å². The first-order valence-electron chi connectivity index (χ1n) is 2.28. The quantitative estimate of drug-likeness (QED) is 0.419. The van der Waals surface area contributed by atoms with Gasteiger partial charge >= 0.3 is 0 Å². The van der Waals surface area contributed by atoms with Crippen LogP contribution in [0.25, 0.3) is 0 Å². The molecule has 0 bridgehead atoms. The van der Waals surface area contributed by atoms with Gasteiger partial charge in [-0.1, -0.05) is 0 Å². The second-order valence-electron chi connectivity index (χ2n) is 1.16. The molecule has 0 saturated heterocycles. The van der Waals surface area contributed by atoms with E-state index in [2.05, 4.69) is 30.6 Å². The summed E-state index contributed by atoms with van der Waals surface area (Å²) in [5.41, 5.74) is 0. The van der Waals surface area contributed by atoms with E-state index in [1.165, 1.54) is 0 Å². The first-order chi connectivity index (χ1) is 3.41. The topological polar surface area (TPSA) is 12.0 Å². The van der Waals surface area contributed by atoms with E-state index in [1.54, 1.807) is 0 Å². The summed E-state index contributed by atoms with van der Waals surface area (Å²) in [6.07, 6.45) is 0. The van der Waals surface area contributed by atoms with E-state index in [9.17, 15) is 0 Å². The molecule has 44 valence electrons. The summed E-state index contributed by atoms with van der Waals surface area (Å²) in [6.45, 7) is 1.85. The molecule has 0 aliphatic heterocycles.